The Labute approximate surface area is 125 Å². The number of carbonyl (C=O) groups is 2. The lowest BCUT2D eigenvalue weighted by atomic mass is 9.77. The van der Waals surface area contributed by atoms with Gasteiger partial charge in [0, 0.05) is 24.5 Å². The summed E-state index contributed by atoms with van der Waals surface area (Å²) in [4.78, 5) is 24.4. The third-order valence-corrected chi connectivity index (χ3v) is 3.41. The van der Waals surface area contributed by atoms with Crippen molar-refractivity contribution in [3.8, 4) is 0 Å². The largest absolute Gasteiger partial charge is 0.465 e. The van der Waals surface area contributed by atoms with E-state index in [1.165, 1.54) is 4.90 Å². The van der Waals surface area contributed by atoms with Crippen molar-refractivity contribution in [1.29, 1.82) is 0 Å². The number of carboxylic acid groups (broad SMARTS) is 1. The molecule has 2 unspecified atom stereocenters. The highest BCUT2D eigenvalue weighted by molar-refractivity contribution is 5.69. The molecule has 2 atom stereocenters. The molecule has 21 heavy (non-hydrogen) atoms. The number of hydrogen-bond donors (Lipinski definition) is 2. The van der Waals surface area contributed by atoms with Crippen LogP contribution in [-0.2, 0) is 4.74 Å². The molecule has 0 aliphatic carbocycles. The molecule has 1 saturated heterocycles. The Morgan fingerprint density at radius 3 is 2.62 bits per heavy atom. The van der Waals surface area contributed by atoms with Gasteiger partial charge in [-0.15, -0.1) is 5.73 Å². The van der Waals surface area contributed by atoms with Gasteiger partial charge in [0.25, 0.3) is 0 Å². The monoisotopic (exact) mass is 296 g/mol. The molecule has 0 bridgehead atoms. The van der Waals surface area contributed by atoms with E-state index < -0.39 is 23.2 Å². The summed E-state index contributed by atoms with van der Waals surface area (Å²) in [6, 6.07) is -0.225. The van der Waals surface area contributed by atoms with Gasteiger partial charge in [0.05, 0.1) is 0 Å². The molecule has 2 N–H and O–H groups in total. The fourth-order valence-corrected chi connectivity index (χ4v) is 2.44. The minimum Gasteiger partial charge on any atom is -0.465 e. The highest BCUT2D eigenvalue weighted by Crippen LogP contribution is 2.31. The van der Waals surface area contributed by atoms with E-state index in [9.17, 15) is 9.59 Å². The Kier molecular flexibility index (Phi) is 5.07. The van der Waals surface area contributed by atoms with E-state index in [1.807, 2.05) is 6.92 Å². The van der Waals surface area contributed by atoms with Gasteiger partial charge in [-0.1, -0.05) is 13.5 Å². The molecular weight excluding hydrogens is 272 g/mol. The average Bonchev–Trinajstić information content (AvgIpc) is 2.29. The average molecular weight is 296 g/mol. The number of nitrogens with one attached hydrogen (secondary N) is 1. The topological polar surface area (TPSA) is 78.9 Å². The normalized spacial score (nSPS) is 25.7. The molecule has 1 aliphatic heterocycles. The smallest absolute Gasteiger partial charge is 0.407 e. The van der Waals surface area contributed by atoms with E-state index in [0.717, 1.165) is 0 Å². The summed E-state index contributed by atoms with van der Waals surface area (Å²) in [5, 5.41) is 12.0. The van der Waals surface area contributed by atoms with Crippen LogP contribution in [-0.4, -0.2) is 46.9 Å². The minimum absolute atomic E-state index is 0.225. The molecule has 6 nitrogen and oxygen atoms in total. The number of piperidine rings is 1. The molecule has 0 spiro atoms. The molecule has 0 radical (unpaired) electrons. The number of likely N-dealkylation sites (tertiary alicyclic amines) is 1. The Morgan fingerprint density at radius 1 is 1.52 bits per heavy atom. The maximum Gasteiger partial charge on any atom is 0.407 e. The van der Waals surface area contributed by atoms with Crippen LogP contribution in [0.4, 0.5) is 9.59 Å². The lowest BCUT2D eigenvalue weighted by Gasteiger charge is -2.43. The highest BCUT2D eigenvalue weighted by atomic mass is 16.6. The zero-order valence-corrected chi connectivity index (χ0v) is 13.1. The van der Waals surface area contributed by atoms with Crippen LogP contribution in [0.5, 0.6) is 0 Å². The fraction of sp³-hybridized carbons (Fsp3) is 0.667. The number of rotatable bonds is 2. The number of nitrogens with zero attached hydrogens (tertiary/aromatic N) is 1. The van der Waals surface area contributed by atoms with Crippen molar-refractivity contribution in [2.45, 2.75) is 45.8 Å². The molecule has 1 heterocycles. The first-order chi connectivity index (χ1) is 9.57. The quantitative estimate of drug-likeness (QED) is 0.768. The van der Waals surface area contributed by atoms with Gasteiger partial charge in [0.2, 0.25) is 0 Å². The van der Waals surface area contributed by atoms with Crippen LogP contribution in [0.3, 0.4) is 0 Å². The minimum atomic E-state index is -0.964. The van der Waals surface area contributed by atoms with Gasteiger partial charge < -0.3 is 20.1 Å². The van der Waals surface area contributed by atoms with Crippen molar-refractivity contribution >= 4 is 12.2 Å². The SMILES string of the molecule is C=C=CC1(C)CN(C(=O)O)CCC1NC(=O)OC(C)(C)C. The highest BCUT2D eigenvalue weighted by Gasteiger charge is 2.41. The predicted molar refractivity (Wildman–Crippen MR) is 79.2 cm³/mol. The second kappa shape index (κ2) is 6.22. The Bertz CT molecular complexity index is 463. The molecule has 1 rings (SSSR count). The molecule has 1 aliphatic rings. The first-order valence-electron chi connectivity index (χ1n) is 6.92. The van der Waals surface area contributed by atoms with E-state index in [2.05, 4.69) is 17.6 Å². The van der Waals surface area contributed by atoms with Crippen molar-refractivity contribution < 1.29 is 19.4 Å². The molecule has 6 heteroatoms. The van der Waals surface area contributed by atoms with Gasteiger partial charge in [-0.25, -0.2) is 9.59 Å². The van der Waals surface area contributed by atoms with Crippen LogP contribution in [0.2, 0.25) is 0 Å². The molecule has 0 aromatic heterocycles. The second-order valence-corrected chi connectivity index (χ2v) is 6.55. The summed E-state index contributed by atoms with van der Waals surface area (Å²) in [5.41, 5.74) is 1.57. The van der Waals surface area contributed by atoms with Crippen molar-refractivity contribution in [1.82, 2.24) is 10.2 Å². The van der Waals surface area contributed by atoms with Crippen LogP contribution in [0, 0.1) is 5.41 Å². The first-order valence-corrected chi connectivity index (χ1v) is 6.92. The maximum atomic E-state index is 11.9. The first kappa shape index (κ1) is 17.1. The van der Waals surface area contributed by atoms with Crippen molar-refractivity contribution in [2.24, 2.45) is 5.41 Å². The summed E-state index contributed by atoms with van der Waals surface area (Å²) in [7, 11) is 0. The maximum absolute atomic E-state index is 11.9. The lowest BCUT2D eigenvalue weighted by Crippen LogP contribution is -2.57. The Hall–Kier alpha value is -1.94. The number of hydrogen-bond acceptors (Lipinski definition) is 3. The molecule has 1 fully saturated rings. The van der Waals surface area contributed by atoms with Gasteiger partial charge >= 0.3 is 12.2 Å². The van der Waals surface area contributed by atoms with Crippen LogP contribution < -0.4 is 5.32 Å². The lowest BCUT2D eigenvalue weighted by molar-refractivity contribution is 0.0384. The van der Waals surface area contributed by atoms with E-state index in [0.29, 0.717) is 13.0 Å². The van der Waals surface area contributed by atoms with Crippen molar-refractivity contribution in [3.05, 3.63) is 18.4 Å². The number of amides is 2. The van der Waals surface area contributed by atoms with Gasteiger partial charge in [-0.3, -0.25) is 0 Å². The van der Waals surface area contributed by atoms with E-state index >= 15 is 0 Å². The number of carbonyl (C=O) groups excluding carboxylic acids is 1. The van der Waals surface area contributed by atoms with Crippen LogP contribution in [0.1, 0.15) is 34.1 Å². The molecule has 0 saturated carbocycles. The van der Waals surface area contributed by atoms with Gasteiger partial charge in [-0.05, 0) is 33.3 Å². The van der Waals surface area contributed by atoms with E-state index in [1.54, 1.807) is 26.8 Å². The van der Waals surface area contributed by atoms with Crippen molar-refractivity contribution in [3.63, 3.8) is 0 Å². The van der Waals surface area contributed by atoms with Gasteiger partial charge in [-0.2, -0.15) is 0 Å². The standard InChI is InChI=1S/C15H24N2O4/c1-6-8-15(5)10-17(13(19)20)9-7-11(15)16-12(18)21-14(2,3)4/h8,11H,1,7,9-10H2,2-5H3,(H,16,18)(H,19,20). The predicted octanol–water partition coefficient (Wildman–Crippen LogP) is 2.61. The molecule has 0 aromatic carbocycles. The van der Waals surface area contributed by atoms with Gasteiger partial charge in [0.1, 0.15) is 5.60 Å². The van der Waals surface area contributed by atoms with Crippen molar-refractivity contribution in [2.75, 3.05) is 13.1 Å². The summed E-state index contributed by atoms with van der Waals surface area (Å²) < 4.78 is 5.26. The third-order valence-electron chi connectivity index (χ3n) is 3.41. The van der Waals surface area contributed by atoms with E-state index in [-0.39, 0.29) is 12.6 Å². The van der Waals surface area contributed by atoms with Crippen LogP contribution in [0.25, 0.3) is 0 Å². The number of alkyl carbamates (subject to hydrolysis) is 1. The van der Waals surface area contributed by atoms with E-state index in [4.69, 9.17) is 9.84 Å². The van der Waals surface area contributed by atoms with Gasteiger partial charge in [0.15, 0.2) is 0 Å². The fourth-order valence-electron chi connectivity index (χ4n) is 2.44. The Morgan fingerprint density at radius 2 is 2.14 bits per heavy atom. The summed E-state index contributed by atoms with van der Waals surface area (Å²) in [6.07, 6.45) is 0.763. The molecule has 2 amide bonds. The summed E-state index contributed by atoms with van der Waals surface area (Å²) >= 11 is 0. The molecule has 0 aromatic rings. The Balaban J connectivity index is 2.83. The molecular formula is C15H24N2O4. The zero-order chi connectivity index (χ0) is 16.3. The third kappa shape index (κ3) is 4.83. The summed E-state index contributed by atoms with van der Waals surface area (Å²) in [5.74, 6) is 0. The zero-order valence-electron chi connectivity index (χ0n) is 13.1. The number of ether oxygens (including phenoxy) is 1. The second-order valence-electron chi connectivity index (χ2n) is 6.55. The van der Waals surface area contributed by atoms with Crippen LogP contribution in [0.15, 0.2) is 18.4 Å². The molecule has 118 valence electrons. The van der Waals surface area contributed by atoms with Crippen LogP contribution >= 0.6 is 0 Å². The summed E-state index contributed by atoms with van der Waals surface area (Å²) in [6.45, 7) is 11.5.